The van der Waals surface area contributed by atoms with E-state index in [9.17, 15) is 0 Å². The van der Waals surface area contributed by atoms with Crippen molar-refractivity contribution in [2.75, 3.05) is 5.75 Å². The highest BCUT2D eigenvalue weighted by molar-refractivity contribution is 7.99. The average Bonchev–Trinajstić information content (AvgIpc) is 1.82. The molecule has 0 saturated carbocycles. The van der Waals surface area contributed by atoms with E-state index in [1.165, 1.54) is 12.2 Å². The second kappa shape index (κ2) is 5.93. The van der Waals surface area contributed by atoms with E-state index in [1.54, 1.807) is 0 Å². The van der Waals surface area contributed by atoms with Crippen molar-refractivity contribution in [3.05, 3.63) is 0 Å². The summed E-state index contributed by atoms with van der Waals surface area (Å²) in [5.41, 5.74) is 0. The summed E-state index contributed by atoms with van der Waals surface area (Å²) in [5.74, 6) is 3.08. The minimum atomic E-state index is 0.796. The zero-order valence-electron chi connectivity index (χ0n) is 8.55. The first kappa shape index (κ1) is 11.4. The molecule has 0 heterocycles. The Hall–Kier alpha value is 0.350. The van der Waals surface area contributed by atoms with E-state index in [0.29, 0.717) is 0 Å². The normalized spacial score (nSPS) is 14.5. The lowest BCUT2D eigenvalue weighted by molar-refractivity contribution is 0.474. The van der Waals surface area contributed by atoms with E-state index in [-0.39, 0.29) is 0 Å². The van der Waals surface area contributed by atoms with Crippen LogP contribution in [0.1, 0.15) is 41.0 Å². The number of thioether (sulfide) groups is 1. The summed E-state index contributed by atoms with van der Waals surface area (Å²) >= 11 is 2.08. The zero-order valence-corrected chi connectivity index (χ0v) is 9.37. The van der Waals surface area contributed by atoms with Crippen molar-refractivity contribution >= 4 is 11.8 Å². The molecule has 11 heavy (non-hydrogen) atoms. The SMILES string of the molecule is CC(C)C[C@@H](C)CSC(C)C. The fourth-order valence-electron chi connectivity index (χ4n) is 1.23. The molecule has 0 N–H and O–H groups in total. The molecule has 0 fully saturated rings. The molecule has 0 saturated heterocycles. The summed E-state index contributed by atoms with van der Waals surface area (Å²) < 4.78 is 0. The summed E-state index contributed by atoms with van der Waals surface area (Å²) in [6.45, 7) is 11.5. The Balaban J connectivity index is 3.29. The van der Waals surface area contributed by atoms with Crippen molar-refractivity contribution in [1.82, 2.24) is 0 Å². The topological polar surface area (TPSA) is 0 Å². The van der Waals surface area contributed by atoms with Gasteiger partial charge in [0.25, 0.3) is 0 Å². The molecule has 0 radical (unpaired) electrons. The van der Waals surface area contributed by atoms with Gasteiger partial charge in [-0.15, -0.1) is 0 Å². The quantitative estimate of drug-likeness (QED) is 0.611. The third kappa shape index (κ3) is 8.25. The van der Waals surface area contributed by atoms with Gasteiger partial charge in [-0.1, -0.05) is 34.6 Å². The van der Waals surface area contributed by atoms with Crippen LogP contribution in [0.25, 0.3) is 0 Å². The van der Waals surface area contributed by atoms with Gasteiger partial charge in [0.15, 0.2) is 0 Å². The van der Waals surface area contributed by atoms with Gasteiger partial charge in [0.1, 0.15) is 0 Å². The van der Waals surface area contributed by atoms with Crippen LogP contribution in [0.15, 0.2) is 0 Å². The fourth-order valence-corrected chi connectivity index (χ4v) is 2.08. The first-order chi connectivity index (χ1) is 5.02. The molecule has 0 aromatic rings. The van der Waals surface area contributed by atoms with Crippen molar-refractivity contribution in [3.63, 3.8) is 0 Å². The van der Waals surface area contributed by atoms with Gasteiger partial charge in [-0.25, -0.2) is 0 Å². The van der Waals surface area contributed by atoms with Gasteiger partial charge in [0.05, 0.1) is 0 Å². The Morgan fingerprint density at radius 3 is 1.91 bits per heavy atom. The van der Waals surface area contributed by atoms with Gasteiger partial charge in [0, 0.05) is 0 Å². The van der Waals surface area contributed by atoms with Crippen LogP contribution in [0.5, 0.6) is 0 Å². The van der Waals surface area contributed by atoms with Gasteiger partial charge in [-0.05, 0) is 29.3 Å². The number of rotatable bonds is 5. The second-order valence-electron chi connectivity index (χ2n) is 4.12. The highest BCUT2D eigenvalue weighted by Gasteiger charge is 2.05. The third-order valence-corrected chi connectivity index (χ3v) is 3.02. The smallest absolute Gasteiger partial charge is 0.000958 e. The predicted molar refractivity (Wildman–Crippen MR) is 56.2 cm³/mol. The Morgan fingerprint density at radius 2 is 1.55 bits per heavy atom. The van der Waals surface area contributed by atoms with E-state index in [0.717, 1.165) is 17.1 Å². The lowest BCUT2D eigenvalue weighted by Gasteiger charge is -2.14. The Kier molecular flexibility index (Phi) is 6.12. The van der Waals surface area contributed by atoms with Crippen LogP contribution in [-0.2, 0) is 0 Å². The van der Waals surface area contributed by atoms with E-state index in [2.05, 4.69) is 46.4 Å². The van der Waals surface area contributed by atoms with E-state index in [4.69, 9.17) is 0 Å². The van der Waals surface area contributed by atoms with Crippen molar-refractivity contribution in [2.24, 2.45) is 11.8 Å². The summed E-state index contributed by atoms with van der Waals surface area (Å²) in [5, 5.41) is 0.796. The highest BCUT2D eigenvalue weighted by Crippen LogP contribution is 2.19. The van der Waals surface area contributed by atoms with Crippen LogP contribution < -0.4 is 0 Å². The molecule has 0 amide bonds. The molecule has 0 aliphatic carbocycles. The van der Waals surface area contributed by atoms with Gasteiger partial charge >= 0.3 is 0 Å². The zero-order chi connectivity index (χ0) is 8.85. The van der Waals surface area contributed by atoms with E-state index >= 15 is 0 Å². The van der Waals surface area contributed by atoms with Crippen LogP contribution in [0.2, 0.25) is 0 Å². The highest BCUT2D eigenvalue weighted by atomic mass is 32.2. The molecule has 1 atom stereocenters. The van der Waals surface area contributed by atoms with E-state index in [1.807, 2.05) is 0 Å². The third-order valence-electron chi connectivity index (χ3n) is 1.59. The van der Waals surface area contributed by atoms with Crippen LogP contribution in [0.4, 0.5) is 0 Å². The van der Waals surface area contributed by atoms with Crippen LogP contribution in [0, 0.1) is 11.8 Å². The first-order valence-electron chi connectivity index (χ1n) is 4.64. The molecule has 0 rings (SSSR count). The molecule has 68 valence electrons. The van der Waals surface area contributed by atoms with Gasteiger partial charge in [-0.2, -0.15) is 11.8 Å². The molecule has 0 nitrogen and oxygen atoms in total. The first-order valence-corrected chi connectivity index (χ1v) is 5.68. The van der Waals surface area contributed by atoms with Crippen LogP contribution >= 0.6 is 11.8 Å². The summed E-state index contributed by atoms with van der Waals surface area (Å²) in [7, 11) is 0. The lowest BCUT2D eigenvalue weighted by Crippen LogP contribution is -2.04. The minimum Gasteiger partial charge on any atom is -0.159 e. The van der Waals surface area contributed by atoms with Crippen molar-refractivity contribution in [2.45, 2.75) is 46.3 Å². The standard InChI is InChI=1S/C10H22S/c1-8(2)6-10(5)7-11-9(3)4/h8-10H,6-7H2,1-5H3/t10-/m1/s1. The Labute approximate surface area is 76.1 Å². The maximum Gasteiger partial charge on any atom is -0.000958 e. The molecule has 0 aromatic heterocycles. The summed E-state index contributed by atoms with van der Waals surface area (Å²) in [4.78, 5) is 0. The van der Waals surface area contributed by atoms with Crippen molar-refractivity contribution in [1.29, 1.82) is 0 Å². The maximum absolute atomic E-state index is 2.36. The van der Waals surface area contributed by atoms with E-state index < -0.39 is 0 Å². The Bertz CT molecular complexity index is 86.9. The van der Waals surface area contributed by atoms with Crippen molar-refractivity contribution in [3.8, 4) is 0 Å². The average molecular weight is 174 g/mol. The summed E-state index contributed by atoms with van der Waals surface area (Å²) in [6.07, 6.45) is 1.37. The maximum atomic E-state index is 2.36. The Morgan fingerprint density at radius 1 is 1.00 bits per heavy atom. The molecule has 0 unspecified atom stereocenters. The van der Waals surface area contributed by atoms with Gasteiger partial charge in [-0.3, -0.25) is 0 Å². The van der Waals surface area contributed by atoms with Crippen LogP contribution in [-0.4, -0.2) is 11.0 Å². The molecule has 0 aliphatic heterocycles. The van der Waals surface area contributed by atoms with Crippen molar-refractivity contribution < 1.29 is 0 Å². The number of hydrogen-bond acceptors (Lipinski definition) is 1. The molecule has 0 aromatic carbocycles. The fraction of sp³-hybridized carbons (Fsp3) is 1.00. The minimum absolute atomic E-state index is 0.796. The number of hydrogen-bond donors (Lipinski definition) is 0. The molecular formula is C10H22S. The molecular weight excluding hydrogens is 152 g/mol. The predicted octanol–water partition coefficient (Wildman–Crippen LogP) is 3.81. The second-order valence-corrected chi connectivity index (χ2v) is 5.73. The monoisotopic (exact) mass is 174 g/mol. The molecule has 1 heteroatoms. The summed E-state index contributed by atoms with van der Waals surface area (Å²) in [6, 6.07) is 0. The van der Waals surface area contributed by atoms with Gasteiger partial charge in [0.2, 0.25) is 0 Å². The molecule has 0 spiro atoms. The van der Waals surface area contributed by atoms with Gasteiger partial charge < -0.3 is 0 Å². The largest absolute Gasteiger partial charge is 0.159 e. The van der Waals surface area contributed by atoms with Crippen LogP contribution in [0.3, 0.4) is 0 Å². The molecule has 0 bridgehead atoms. The molecule has 0 aliphatic rings. The lowest BCUT2D eigenvalue weighted by atomic mass is 10.0.